The minimum Gasteiger partial charge on any atom is -0.382 e. The van der Waals surface area contributed by atoms with Crippen molar-refractivity contribution < 1.29 is 4.74 Å². The maximum absolute atomic E-state index is 5.82. The molecule has 3 heterocycles. The zero-order valence-corrected chi connectivity index (χ0v) is 10.9. The Morgan fingerprint density at radius 1 is 1.47 bits per heavy atom. The number of fused-ring (bicyclic) bond motifs is 1. The summed E-state index contributed by atoms with van der Waals surface area (Å²) >= 11 is 3.46. The zero-order valence-electron chi connectivity index (χ0n) is 9.27. The molecule has 1 atom stereocenters. The van der Waals surface area contributed by atoms with Crippen molar-refractivity contribution in [3.05, 3.63) is 16.9 Å². The first-order chi connectivity index (χ1) is 8.25. The van der Waals surface area contributed by atoms with E-state index in [0.29, 0.717) is 5.82 Å². The smallest absolute Gasteiger partial charge is 0.151 e. The maximum Gasteiger partial charge on any atom is 0.151 e. The van der Waals surface area contributed by atoms with Gasteiger partial charge in [0, 0.05) is 28.9 Å². The van der Waals surface area contributed by atoms with Crippen molar-refractivity contribution >= 4 is 32.7 Å². The van der Waals surface area contributed by atoms with Crippen molar-refractivity contribution in [3.8, 4) is 0 Å². The van der Waals surface area contributed by atoms with Crippen LogP contribution in [0.15, 0.2) is 16.9 Å². The van der Waals surface area contributed by atoms with Gasteiger partial charge in [-0.15, -0.1) is 0 Å². The standard InChI is InChI=1S/C11H13BrN4O/c12-8-5-14-11(13)10-7(8)6-16(15-10)9-3-1-2-4-17-9/h5-6,9H,1-4H2,(H2,13,14). The summed E-state index contributed by atoms with van der Waals surface area (Å²) in [5, 5.41) is 5.45. The maximum atomic E-state index is 5.82. The van der Waals surface area contributed by atoms with Crippen LogP contribution in [0, 0.1) is 0 Å². The largest absolute Gasteiger partial charge is 0.382 e. The third kappa shape index (κ3) is 1.91. The quantitative estimate of drug-likeness (QED) is 0.878. The van der Waals surface area contributed by atoms with Crippen LogP contribution in [-0.4, -0.2) is 21.4 Å². The summed E-state index contributed by atoms with van der Waals surface area (Å²) in [5.41, 5.74) is 6.55. The number of nitrogens with zero attached hydrogens (tertiary/aromatic N) is 3. The number of halogens is 1. The summed E-state index contributed by atoms with van der Waals surface area (Å²) in [6.07, 6.45) is 7.00. The number of ether oxygens (including phenoxy) is 1. The molecule has 6 heteroatoms. The number of anilines is 1. The highest BCUT2D eigenvalue weighted by molar-refractivity contribution is 9.10. The second-order valence-electron chi connectivity index (χ2n) is 4.18. The molecule has 2 N–H and O–H groups in total. The second kappa shape index (κ2) is 4.27. The molecule has 17 heavy (non-hydrogen) atoms. The van der Waals surface area contributed by atoms with E-state index < -0.39 is 0 Å². The van der Waals surface area contributed by atoms with E-state index in [1.165, 1.54) is 6.42 Å². The Morgan fingerprint density at radius 3 is 3.06 bits per heavy atom. The molecule has 1 unspecified atom stereocenters. The van der Waals surface area contributed by atoms with Crippen LogP contribution in [0.4, 0.5) is 5.82 Å². The van der Waals surface area contributed by atoms with Gasteiger partial charge in [-0.25, -0.2) is 9.67 Å². The van der Waals surface area contributed by atoms with Crippen molar-refractivity contribution in [1.82, 2.24) is 14.8 Å². The first-order valence-electron chi connectivity index (χ1n) is 5.66. The molecule has 0 aromatic carbocycles. The fourth-order valence-corrected chi connectivity index (χ4v) is 2.48. The average molecular weight is 297 g/mol. The van der Waals surface area contributed by atoms with Crippen molar-refractivity contribution in [3.63, 3.8) is 0 Å². The lowest BCUT2D eigenvalue weighted by Crippen LogP contribution is -2.18. The molecule has 2 aromatic rings. The van der Waals surface area contributed by atoms with Gasteiger partial charge in [0.15, 0.2) is 5.82 Å². The van der Waals surface area contributed by atoms with E-state index in [4.69, 9.17) is 10.5 Å². The van der Waals surface area contributed by atoms with E-state index in [1.807, 2.05) is 10.9 Å². The number of rotatable bonds is 1. The first kappa shape index (κ1) is 11.0. The number of nitrogen functional groups attached to an aromatic ring is 1. The van der Waals surface area contributed by atoms with E-state index in [1.54, 1.807) is 6.20 Å². The molecule has 90 valence electrons. The highest BCUT2D eigenvalue weighted by Crippen LogP contribution is 2.29. The van der Waals surface area contributed by atoms with Crippen molar-refractivity contribution in [1.29, 1.82) is 0 Å². The van der Waals surface area contributed by atoms with Crippen LogP contribution in [0.5, 0.6) is 0 Å². The van der Waals surface area contributed by atoms with Gasteiger partial charge in [-0.2, -0.15) is 5.10 Å². The van der Waals surface area contributed by atoms with Gasteiger partial charge in [0.05, 0.1) is 0 Å². The number of hydrogen-bond donors (Lipinski definition) is 1. The summed E-state index contributed by atoms with van der Waals surface area (Å²) in [4.78, 5) is 4.08. The molecule has 0 aliphatic carbocycles. The normalized spacial score (nSPS) is 20.9. The number of hydrogen-bond acceptors (Lipinski definition) is 4. The summed E-state index contributed by atoms with van der Waals surface area (Å²) < 4.78 is 8.46. The molecular formula is C11H13BrN4O. The molecule has 0 spiro atoms. The van der Waals surface area contributed by atoms with Gasteiger partial charge < -0.3 is 10.5 Å². The molecule has 1 aliphatic heterocycles. The van der Waals surface area contributed by atoms with E-state index in [9.17, 15) is 0 Å². The van der Waals surface area contributed by atoms with Gasteiger partial charge in [0.25, 0.3) is 0 Å². The van der Waals surface area contributed by atoms with Crippen LogP contribution in [0.1, 0.15) is 25.5 Å². The topological polar surface area (TPSA) is 66.0 Å². The Kier molecular flexibility index (Phi) is 2.76. The average Bonchev–Trinajstić information content (AvgIpc) is 2.81. The molecule has 0 amide bonds. The molecule has 2 aromatic heterocycles. The van der Waals surface area contributed by atoms with E-state index >= 15 is 0 Å². The highest BCUT2D eigenvalue weighted by atomic mass is 79.9. The number of nitrogens with two attached hydrogens (primary N) is 1. The fraction of sp³-hybridized carbons (Fsp3) is 0.455. The van der Waals surface area contributed by atoms with Crippen LogP contribution >= 0.6 is 15.9 Å². The van der Waals surface area contributed by atoms with Crippen LogP contribution in [0.25, 0.3) is 10.9 Å². The van der Waals surface area contributed by atoms with Gasteiger partial charge in [-0.1, -0.05) is 0 Å². The van der Waals surface area contributed by atoms with Crippen LogP contribution < -0.4 is 5.73 Å². The molecule has 0 saturated carbocycles. The van der Waals surface area contributed by atoms with E-state index in [0.717, 1.165) is 34.8 Å². The second-order valence-corrected chi connectivity index (χ2v) is 5.04. The molecular weight excluding hydrogens is 284 g/mol. The Balaban J connectivity index is 2.06. The minimum atomic E-state index is 0.0300. The van der Waals surface area contributed by atoms with Gasteiger partial charge in [-0.05, 0) is 35.2 Å². The first-order valence-corrected chi connectivity index (χ1v) is 6.45. The Labute approximate surface area is 107 Å². The minimum absolute atomic E-state index is 0.0300. The summed E-state index contributed by atoms with van der Waals surface area (Å²) in [6, 6.07) is 0. The van der Waals surface area contributed by atoms with Crippen molar-refractivity contribution in [2.75, 3.05) is 12.3 Å². The predicted octanol–water partition coefficient (Wildman–Crippen LogP) is 2.48. The van der Waals surface area contributed by atoms with E-state index in [-0.39, 0.29) is 6.23 Å². The summed E-state index contributed by atoms with van der Waals surface area (Å²) in [6.45, 7) is 0.801. The fourth-order valence-electron chi connectivity index (χ4n) is 2.09. The van der Waals surface area contributed by atoms with Gasteiger partial charge >= 0.3 is 0 Å². The summed E-state index contributed by atoms with van der Waals surface area (Å²) in [5.74, 6) is 0.456. The predicted molar refractivity (Wildman–Crippen MR) is 68.5 cm³/mol. The molecule has 0 radical (unpaired) electrons. The van der Waals surface area contributed by atoms with Crippen molar-refractivity contribution in [2.45, 2.75) is 25.5 Å². The molecule has 0 bridgehead atoms. The lowest BCUT2D eigenvalue weighted by Gasteiger charge is -2.22. The van der Waals surface area contributed by atoms with Gasteiger partial charge in [0.1, 0.15) is 11.7 Å². The monoisotopic (exact) mass is 296 g/mol. The molecule has 5 nitrogen and oxygen atoms in total. The number of aromatic nitrogens is 3. The van der Waals surface area contributed by atoms with Crippen LogP contribution in [0.2, 0.25) is 0 Å². The number of pyridine rings is 1. The molecule has 1 saturated heterocycles. The third-order valence-corrected chi connectivity index (χ3v) is 3.63. The Morgan fingerprint density at radius 2 is 2.35 bits per heavy atom. The third-order valence-electron chi connectivity index (χ3n) is 3.00. The lowest BCUT2D eigenvalue weighted by atomic mass is 10.2. The Hall–Kier alpha value is -1.14. The molecule has 1 aliphatic rings. The molecule has 3 rings (SSSR count). The highest BCUT2D eigenvalue weighted by Gasteiger charge is 2.18. The summed E-state index contributed by atoms with van der Waals surface area (Å²) in [7, 11) is 0. The van der Waals surface area contributed by atoms with Gasteiger partial charge in [0.2, 0.25) is 0 Å². The SMILES string of the molecule is Nc1ncc(Br)c2cn(C3CCCCO3)nc12. The van der Waals surface area contributed by atoms with E-state index in [2.05, 4.69) is 26.0 Å². The molecule has 1 fully saturated rings. The van der Waals surface area contributed by atoms with Gasteiger partial charge in [-0.3, -0.25) is 0 Å². The lowest BCUT2D eigenvalue weighted by molar-refractivity contribution is -0.0390. The van der Waals surface area contributed by atoms with Crippen LogP contribution in [-0.2, 0) is 4.74 Å². The van der Waals surface area contributed by atoms with Crippen molar-refractivity contribution in [2.24, 2.45) is 0 Å². The Bertz CT molecular complexity index is 509. The zero-order chi connectivity index (χ0) is 11.8. The van der Waals surface area contributed by atoms with Crippen LogP contribution in [0.3, 0.4) is 0 Å².